The molecule has 1 aromatic rings. The van der Waals surface area contributed by atoms with Crippen molar-refractivity contribution in [3.8, 4) is 6.07 Å². The smallest absolute Gasteiger partial charge is 0.198 e. The SMILES string of the molecule is N#CC(CBr)c1ccccc1C(F)(F)F. The van der Waals surface area contributed by atoms with Crippen LogP contribution in [-0.2, 0) is 6.18 Å². The molecule has 80 valence electrons. The van der Waals surface area contributed by atoms with Crippen LogP contribution in [0.5, 0.6) is 0 Å². The summed E-state index contributed by atoms with van der Waals surface area (Å²) >= 11 is 3.02. The lowest BCUT2D eigenvalue weighted by atomic mass is 9.96. The number of alkyl halides is 4. The summed E-state index contributed by atoms with van der Waals surface area (Å²) in [5.41, 5.74) is -0.722. The van der Waals surface area contributed by atoms with Gasteiger partial charge in [0, 0.05) is 5.33 Å². The number of benzene rings is 1. The monoisotopic (exact) mass is 277 g/mol. The average Bonchev–Trinajstić information content (AvgIpc) is 2.19. The molecule has 1 nitrogen and oxygen atoms in total. The highest BCUT2D eigenvalue weighted by Gasteiger charge is 2.34. The van der Waals surface area contributed by atoms with Gasteiger partial charge in [-0.25, -0.2) is 0 Å². The van der Waals surface area contributed by atoms with Crippen molar-refractivity contribution >= 4 is 15.9 Å². The van der Waals surface area contributed by atoms with Crippen LogP contribution >= 0.6 is 15.9 Å². The van der Waals surface area contributed by atoms with E-state index in [-0.39, 0.29) is 10.9 Å². The number of rotatable bonds is 2. The molecule has 0 aliphatic carbocycles. The van der Waals surface area contributed by atoms with Crippen molar-refractivity contribution in [2.45, 2.75) is 12.1 Å². The van der Waals surface area contributed by atoms with E-state index in [1.165, 1.54) is 18.2 Å². The number of nitrogens with zero attached hydrogens (tertiary/aromatic N) is 1. The van der Waals surface area contributed by atoms with Gasteiger partial charge in [-0.3, -0.25) is 0 Å². The average molecular weight is 278 g/mol. The second-order valence-electron chi connectivity index (χ2n) is 2.92. The fraction of sp³-hybridized carbons (Fsp3) is 0.300. The largest absolute Gasteiger partial charge is 0.416 e. The van der Waals surface area contributed by atoms with Crippen molar-refractivity contribution in [3.05, 3.63) is 35.4 Å². The Kier molecular flexibility index (Phi) is 3.75. The van der Waals surface area contributed by atoms with E-state index in [1.54, 1.807) is 0 Å². The quantitative estimate of drug-likeness (QED) is 0.756. The maximum Gasteiger partial charge on any atom is 0.416 e. The van der Waals surface area contributed by atoms with E-state index >= 15 is 0 Å². The summed E-state index contributed by atoms with van der Waals surface area (Å²) in [6, 6.07) is 6.97. The predicted molar refractivity (Wildman–Crippen MR) is 53.6 cm³/mol. The first-order valence-electron chi connectivity index (χ1n) is 4.12. The molecule has 0 amide bonds. The first kappa shape index (κ1) is 12.1. The molecular weight excluding hydrogens is 271 g/mol. The lowest BCUT2D eigenvalue weighted by Gasteiger charge is -2.14. The molecule has 0 aromatic heterocycles. The number of halogens is 4. The summed E-state index contributed by atoms with van der Waals surface area (Å²) in [6.45, 7) is 0. The molecule has 0 aliphatic heterocycles. The highest BCUT2D eigenvalue weighted by Crippen LogP contribution is 2.35. The van der Waals surface area contributed by atoms with Crippen LogP contribution in [-0.4, -0.2) is 5.33 Å². The van der Waals surface area contributed by atoms with E-state index in [4.69, 9.17) is 5.26 Å². The van der Waals surface area contributed by atoms with Gasteiger partial charge in [0.1, 0.15) is 0 Å². The Morgan fingerprint density at radius 2 is 1.93 bits per heavy atom. The molecule has 1 rings (SSSR count). The maximum absolute atomic E-state index is 12.6. The third kappa shape index (κ3) is 2.72. The van der Waals surface area contributed by atoms with Crippen molar-refractivity contribution in [2.24, 2.45) is 0 Å². The summed E-state index contributed by atoms with van der Waals surface area (Å²) in [7, 11) is 0. The van der Waals surface area contributed by atoms with E-state index in [2.05, 4.69) is 15.9 Å². The van der Waals surface area contributed by atoms with Gasteiger partial charge < -0.3 is 0 Å². The molecule has 0 saturated carbocycles. The molecule has 0 spiro atoms. The van der Waals surface area contributed by atoms with Gasteiger partial charge in [-0.1, -0.05) is 34.1 Å². The summed E-state index contributed by atoms with van der Waals surface area (Å²) in [5.74, 6) is -0.775. The van der Waals surface area contributed by atoms with Crippen LogP contribution in [0.3, 0.4) is 0 Å². The minimum atomic E-state index is -4.41. The van der Waals surface area contributed by atoms with Crippen LogP contribution in [0.25, 0.3) is 0 Å². The zero-order chi connectivity index (χ0) is 11.5. The van der Waals surface area contributed by atoms with Gasteiger partial charge in [-0.15, -0.1) is 0 Å². The van der Waals surface area contributed by atoms with Crippen LogP contribution in [0.15, 0.2) is 24.3 Å². The third-order valence-electron chi connectivity index (χ3n) is 1.95. The second-order valence-corrected chi connectivity index (χ2v) is 3.57. The van der Waals surface area contributed by atoms with Crippen molar-refractivity contribution in [1.82, 2.24) is 0 Å². The normalized spacial score (nSPS) is 13.3. The van der Waals surface area contributed by atoms with Gasteiger partial charge >= 0.3 is 6.18 Å². The molecule has 0 aliphatic rings. The highest BCUT2D eigenvalue weighted by atomic mass is 79.9. The van der Waals surface area contributed by atoms with Crippen molar-refractivity contribution in [3.63, 3.8) is 0 Å². The zero-order valence-electron chi connectivity index (χ0n) is 7.55. The van der Waals surface area contributed by atoms with Crippen LogP contribution in [0.4, 0.5) is 13.2 Å². The van der Waals surface area contributed by atoms with E-state index in [9.17, 15) is 13.2 Å². The van der Waals surface area contributed by atoms with Crippen LogP contribution in [0.1, 0.15) is 17.0 Å². The Bertz CT molecular complexity index is 381. The molecule has 0 fully saturated rings. The zero-order valence-corrected chi connectivity index (χ0v) is 9.14. The van der Waals surface area contributed by atoms with E-state index in [0.717, 1.165) is 6.07 Å². The number of hydrogen-bond donors (Lipinski definition) is 0. The fourth-order valence-electron chi connectivity index (χ4n) is 1.25. The standard InChI is InChI=1S/C10H7BrF3N/c11-5-7(6-15)8-3-1-2-4-9(8)10(12,13)14/h1-4,7H,5H2. The molecule has 0 saturated heterocycles. The second kappa shape index (κ2) is 4.67. The Balaban J connectivity index is 3.24. The van der Waals surface area contributed by atoms with Crippen molar-refractivity contribution in [2.75, 3.05) is 5.33 Å². The van der Waals surface area contributed by atoms with E-state index in [0.29, 0.717) is 0 Å². The molecule has 0 bridgehead atoms. The van der Waals surface area contributed by atoms with Crippen LogP contribution in [0, 0.1) is 11.3 Å². The van der Waals surface area contributed by atoms with Gasteiger partial charge in [0.25, 0.3) is 0 Å². The molecule has 5 heteroatoms. The molecular formula is C10H7BrF3N. The Morgan fingerprint density at radius 3 is 2.40 bits per heavy atom. The van der Waals surface area contributed by atoms with E-state index < -0.39 is 17.7 Å². The molecule has 0 N–H and O–H groups in total. The lowest BCUT2D eigenvalue weighted by molar-refractivity contribution is -0.138. The Morgan fingerprint density at radius 1 is 1.33 bits per heavy atom. The van der Waals surface area contributed by atoms with Crippen LogP contribution < -0.4 is 0 Å². The Labute approximate surface area is 93.6 Å². The van der Waals surface area contributed by atoms with Gasteiger partial charge in [0.15, 0.2) is 0 Å². The number of nitriles is 1. The van der Waals surface area contributed by atoms with Crippen molar-refractivity contribution in [1.29, 1.82) is 5.26 Å². The molecule has 1 unspecified atom stereocenters. The van der Waals surface area contributed by atoms with Gasteiger partial charge in [-0.05, 0) is 11.6 Å². The minimum Gasteiger partial charge on any atom is -0.198 e. The van der Waals surface area contributed by atoms with Gasteiger partial charge in [0.2, 0.25) is 0 Å². The third-order valence-corrected chi connectivity index (χ3v) is 2.60. The van der Waals surface area contributed by atoms with Gasteiger partial charge in [0.05, 0.1) is 17.6 Å². The fourth-order valence-corrected chi connectivity index (χ4v) is 1.74. The lowest BCUT2D eigenvalue weighted by Crippen LogP contribution is -2.11. The van der Waals surface area contributed by atoms with E-state index in [1.807, 2.05) is 6.07 Å². The summed E-state index contributed by atoms with van der Waals surface area (Å²) in [5, 5.41) is 8.91. The minimum absolute atomic E-state index is 0.0179. The molecule has 1 atom stereocenters. The summed E-state index contributed by atoms with van der Waals surface area (Å²) < 4.78 is 37.7. The number of hydrogen-bond acceptors (Lipinski definition) is 1. The topological polar surface area (TPSA) is 23.8 Å². The maximum atomic E-state index is 12.6. The van der Waals surface area contributed by atoms with Crippen molar-refractivity contribution < 1.29 is 13.2 Å². The highest BCUT2D eigenvalue weighted by molar-refractivity contribution is 9.09. The molecule has 15 heavy (non-hydrogen) atoms. The van der Waals surface area contributed by atoms with Gasteiger partial charge in [-0.2, -0.15) is 18.4 Å². The van der Waals surface area contributed by atoms with Crippen LogP contribution in [0.2, 0.25) is 0 Å². The molecule has 1 aromatic carbocycles. The predicted octanol–water partition coefficient (Wildman–Crippen LogP) is 3.71. The molecule has 0 heterocycles. The summed E-state index contributed by atoms with van der Waals surface area (Å²) in [4.78, 5) is 0. The summed E-state index contributed by atoms with van der Waals surface area (Å²) in [6.07, 6.45) is -4.41. The first-order chi connectivity index (χ1) is 7.00. The Hall–Kier alpha value is -1.02. The molecule has 0 radical (unpaired) electrons. The first-order valence-corrected chi connectivity index (χ1v) is 5.24.